The number of carbonyl (C=O) groups is 1. The fourth-order valence-electron chi connectivity index (χ4n) is 4.92. The zero-order valence-corrected chi connectivity index (χ0v) is 18.7. The maximum absolute atomic E-state index is 12.8. The molecule has 0 radical (unpaired) electrons. The highest BCUT2D eigenvalue weighted by molar-refractivity contribution is 5.94. The first-order chi connectivity index (χ1) is 15.1. The molecule has 1 N–H and O–H groups in total. The maximum atomic E-state index is 12.8. The number of pyridine rings is 1. The first kappa shape index (κ1) is 20.8. The van der Waals surface area contributed by atoms with Gasteiger partial charge in [0.2, 0.25) is 0 Å². The van der Waals surface area contributed by atoms with Crippen molar-refractivity contribution in [3.63, 3.8) is 0 Å². The highest BCUT2D eigenvalue weighted by Gasteiger charge is 2.35. The van der Waals surface area contributed by atoms with Gasteiger partial charge in [-0.15, -0.1) is 10.2 Å². The minimum Gasteiger partial charge on any atom is -0.376 e. The summed E-state index contributed by atoms with van der Waals surface area (Å²) in [6.07, 6.45) is 6.85. The Kier molecular flexibility index (Phi) is 5.95. The Hall–Kier alpha value is -2.03. The van der Waals surface area contributed by atoms with Crippen LogP contribution in [0.15, 0.2) is 18.3 Å². The quantitative estimate of drug-likeness (QED) is 0.731. The van der Waals surface area contributed by atoms with E-state index in [4.69, 9.17) is 4.74 Å². The summed E-state index contributed by atoms with van der Waals surface area (Å²) in [6, 6.07) is 4.33. The van der Waals surface area contributed by atoms with Gasteiger partial charge >= 0.3 is 0 Å². The first-order valence-corrected chi connectivity index (χ1v) is 11.8. The molecule has 2 saturated heterocycles. The molecule has 5 rings (SSSR count). The molecule has 1 saturated carbocycles. The van der Waals surface area contributed by atoms with Crippen molar-refractivity contribution < 1.29 is 9.53 Å². The molecule has 0 spiro atoms. The predicted molar refractivity (Wildman–Crippen MR) is 118 cm³/mol. The molecule has 1 amide bonds. The van der Waals surface area contributed by atoms with Crippen LogP contribution >= 0.6 is 0 Å². The molecule has 0 unspecified atom stereocenters. The second-order valence-electron chi connectivity index (χ2n) is 9.60. The molecule has 0 bridgehead atoms. The van der Waals surface area contributed by atoms with Gasteiger partial charge in [-0.1, -0.05) is 0 Å². The number of carbonyl (C=O) groups excluding carboxylic acids is 1. The fraction of sp³-hybridized carbons (Fsp3) is 0.696. The van der Waals surface area contributed by atoms with E-state index in [9.17, 15) is 4.79 Å². The normalized spacial score (nSPS) is 25.5. The van der Waals surface area contributed by atoms with E-state index >= 15 is 0 Å². The third kappa shape index (κ3) is 4.61. The van der Waals surface area contributed by atoms with Gasteiger partial charge in [-0.05, 0) is 57.6 Å². The Morgan fingerprint density at radius 2 is 2.10 bits per heavy atom. The van der Waals surface area contributed by atoms with Crippen LogP contribution in [0.4, 0.5) is 0 Å². The van der Waals surface area contributed by atoms with E-state index in [0.717, 1.165) is 56.5 Å². The van der Waals surface area contributed by atoms with Gasteiger partial charge in [-0.3, -0.25) is 19.0 Å². The molecular weight excluding hydrogens is 392 g/mol. The molecule has 0 aromatic carbocycles. The summed E-state index contributed by atoms with van der Waals surface area (Å²) in [5.41, 5.74) is 1.42. The van der Waals surface area contributed by atoms with Crippen molar-refractivity contribution in [2.75, 3.05) is 39.3 Å². The SMILES string of the molecule is CC(C)N1CCN(CC2CC2)C[C@@H]1c1nnc2ccc(C(=O)NC[C@@H]3CCCO3)cn12. The Morgan fingerprint density at radius 3 is 2.84 bits per heavy atom. The van der Waals surface area contributed by atoms with E-state index in [2.05, 4.69) is 39.2 Å². The fourth-order valence-corrected chi connectivity index (χ4v) is 4.92. The van der Waals surface area contributed by atoms with Crippen LogP contribution in [0.5, 0.6) is 0 Å². The summed E-state index contributed by atoms with van der Waals surface area (Å²) in [4.78, 5) is 17.9. The lowest BCUT2D eigenvalue weighted by Gasteiger charge is -2.42. The molecule has 3 fully saturated rings. The van der Waals surface area contributed by atoms with E-state index in [-0.39, 0.29) is 18.1 Å². The maximum Gasteiger partial charge on any atom is 0.252 e. The Balaban J connectivity index is 1.37. The summed E-state index contributed by atoms with van der Waals surface area (Å²) >= 11 is 0. The zero-order valence-electron chi connectivity index (χ0n) is 18.7. The van der Waals surface area contributed by atoms with Crippen LogP contribution in [0.3, 0.4) is 0 Å². The van der Waals surface area contributed by atoms with Crippen LogP contribution in [0.25, 0.3) is 5.65 Å². The van der Waals surface area contributed by atoms with Gasteiger partial charge in [0.15, 0.2) is 11.5 Å². The number of amides is 1. The lowest BCUT2D eigenvalue weighted by molar-refractivity contribution is 0.0437. The third-order valence-electron chi connectivity index (χ3n) is 6.89. The number of ether oxygens (including phenoxy) is 1. The third-order valence-corrected chi connectivity index (χ3v) is 6.89. The lowest BCUT2D eigenvalue weighted by atomic mass is 10.1. The minimum atomic E-state index is -0.0724. The van der Waals surface area contributed by atoms with E-state index in [0.29, 0.717) is 18.2 Å². The zero-order chi connectivity index (χ0) is 21.4. The summed E-state index contributed by atoms with van der Waals surface area (Å²) in [5, 5.41) is 12.0. The number of fused-ring (bicyclic) bond motifs is 1. The van der Waals surface area contributed by atoms with Gasteiger partial charge in [0.05, 0.1) is 17.7 Å². The molecular formula is C23H34N6O2. The van der Waals surface area contributed by atoms with Crippen LogP contribution in [-0.4, -0.2) is 81.8 Å². The Bertz CT molecular complexity index is 918. The Morgan fingerprint density at radius 1 is 1.23 bits per heavy atom. The van der Waals surface area contributed by atoms with Crippen molar-refractivity contribution in [1.82, 2.24) is 29.7 Å². The van der Waals surface area contributed by atoms with Gasteiger partial charge in [0.25, 0.3) is 5.91 Å². The molecule has 2 atom stereocenters. The highest BCUT2D eigenvalue weighted by atomic mass is 16.5. The number of rotatable bonds is 7. The molecule has 2 aromatic rings. The van der Waals surface area contributed by atoms with Crippen LogP contribution < -0.4 is 5.32 Å². The van der Waals surface area contributed by atoms with Crippen molar-refractivity contribution >= 4 is 11.6 Å². The van der Waals surface area contributed by atoms with Crippen LogP contribution in [0, 0.1) is 5.92 Å². The van der Waals surface area contributed by atoms with Crippen LogP contribution in [0.1, 0.15) is 61.8 Å². The first-order valence-electron chi connectivity index (χ1n) is 11.8. The largest absolute Gasteiger partial charge is 0.376 e. The van der Waals surface area contributed by atoms with Crippen molar-refractivity contribution in [2.24, 2.45) is 5.92 Å². The van der Waals surface area contributed by atoms with Gasteiger partial charge in [0, 0.05) is 51.6 Å². The second-order valence-corrected chi connectivity index (χ2v) is 9.60. The highest BCUT2D eigenvalue weighted by Crippen LogP contribution is 2.33. The molecule has 168 valence electrons. The Labute approximate surface area is 183 Å². The molecule has 2 aromatic heterocycles. The van der Waals surface area contributed by atoms with E-state index in [1.807, 2.05) is 22.7 Å². The number of piperazine rings is 1. The second kappa shape index (κ2) is 8.84. The van der Waals surface area contributed by atoms with Crippen molar-refractivity contribution in [3.8, 4) is 0 Å². The van der Waals surface area contributed by atoms with Crippen molar-refractivity contribution in [3.05, 3.63) is 29.7 Å². The van der Waals surface area contributed by atoms with Crippen molar-refractivity contribution in [2.45, 2.75) is 57.7 Å². The van der Waals surface area contributed by atoms with Crippen LogP contribution in [0.2, 0.25) is 0 Å². The smallest absolute Gasteiger partial charge is 0.252 e. The average Bonchev–Trinajstić information content (AvgIpc) is 3.26. The topological polar surface area (TPSA) is 75.0 Å². The number of nitrogens with one attached hydrogen (secondary N) is 1. The molecule has 31 heavy (non-hydrogen) atoms. The molecule has 3 aliphatic rings. The number of aromatic nitrogens is 3. The molecule has 8 nitrogen and oxygen atoms in total. The lowest BCUT2D eigenvalue weighted by Crippen LogP contribution is -2.51. The minimum absolute atomic E-state index is 0.0724. The monoisotopic (exact) mass is 426 g/mol. The standard InChI is InChI=1S/C23H34N6O2/c1-16(2)28-10-9-27(13-17-5-6-17)15-20(28)22-26-25-21-8-7-18(14-29(21)22)23(30)24-12-19-4-3-11-31-19/h7-8,14,16-17,19-20H,3-6,9-13,15H2,1-2H3,(H,24,30)/t19-,20+/m0/s1. The number of nitrogens with zero attached hydrogens (tertiary/aromatic N) is 5. The molecule has 1 aliphatic carbocycles. The molecule has 4 heterocycles. The van der Waals surface area contributed by atoms with E-state index < -0.39 is 0 Å². The van der Waals surface area contributed by atoms with E-state index in [1.165, 1.54) is 19.4 Å². The van der Waals surface area contributed by atoms with Gasteiger partial charge in [-0.25, -0.2) is 0 Å². The summed E-state index contributed by atoms with van der Waals surface area (Å²) < 4.78 is 7.64. The summed E-state index contributed by atoms with van der Waals surface area (Å²) in [6.45, 7) is 10.1. The number of hydrogen-bond acceptors (Lipinski definition) is 6. The molecule has 2 aliphatic heterocycles. The number of hydrogen-bond donors (Lipinski definition) is 1. The van der Waals surface area contributed by atoms with Gasteiger partial charge < -0.3 is 10.1 Å². The van der Waals surface area contributed by atoms with Gasteiger partial charge in [0.1, 0.15) is 0 Å². The molecule has 8 heteroatoms. The predicted octanol–water partition coefficient (Wildman–Crippen LogP) is 2.12. The van der Waals surface area contributed by atoms with Gasteiger partial charge in [-0.2, -0.15) is 0 Å². The average molecular weight is 427 g/mol. The summed E-state index contributed by atoms with van der Waals surface area (Å²) in [7, 11) is 0. The van der Waals surface area contributed by atoms with Crippen LogP contribution in [-0.2, 0) is 4.74 Å². The van der Waals surface area contributed by atoms with E-state index in [1.54, 1.807) is 0 Å². The van der Waals surface area contributed by atoms with Crippen molar-refractivity contribution in [1.29, 1.82) is 0 Å². The summed E-state index contributed by atoms with van der Waals surface area (Å²) in [5.74, 6) is 1.73.